The minimum absolute atomic E-state index is 0.861. The van der Waals surface area contributed by atoms with Gasteiger partial charge in [0.15, 0.2) is 0 Å². The van der Waals surface area contributed by atoms with Gasteiger partial charge in [0.05, 0.1) is 0 Å². The van der Waals surface area contributed by atoms with Gasteiger partial charge in [-0.3, -0.25) is 4.90 Å². The lowest BCUT2D eigenvalue weighted by molar-refractivity contribution is 0.449. The van der Waals surface area contributed by atoms with E-state index in [2.05, 4.69) is 45.0 Å². The summed E-state index contributed by atoms with van der Waals surface area (Å²) in [5.41, 5.74) is 0. The molecule has 3 heterocycles. The molecular weight excluding hydrogens is 248 g/mol. The summed E-state index contributed by atoms with van der Waals surface area (Å²) in [4.78, 5) is 13.1. The van der Waals surface area contributed by atoms with Gasteiger partial charge in [-0.25, -0.2) is 9.97 Å². The smallest absolute Gasteiger partial charge is 0.139 e. The Kier molecular flexibility index (Phi) is 3.46. The number of likely N-dealkylation sites (N-methyl/N-ethyl adjacent to an activating group) is 1. The Hall–Kier alpha value is -2.62. The van der Waals surface area contributed by atoms with Crippen molar-refractivity contribution in [3.8, 4) is 0 Å². The maximum absolute atomic E-state index is 4.46. The van der Waals surface area contributed by atoms with Crippen molar-refractivity contribution >= 4 is 11.6 Å². The van der Waals surface area contributed by atoms with Gasteiger partial charge in [-0.05, 0) is 30.3 Å². The monoisotopic (exact) mass is 264 g/mol. The van der Waals surface area contributed by atoms with Gasteiger partial charge >= 0.3 is 0 Å². The number of hydrogen-bond donors (Lipinski definition) is 0. The summed E-state index contributed by atoms with van der Waals surface area (Å²) < 4.78 is 0. The summed E-state index contributed by atoms with van der Waals surface area (Å²) in [5.74, 6) is 2.78. The Labute approximate surface area is 118 Å². The van der Waals surface area contributed by atoms with Crippen molar-refractivity contribution in [3.05, 3.63) is 72.8 Å². The summed E-state index contributed by atoms with van der Waals surface area (Å²) in [6.07, 6.45) is 9.86. The Morgan fingerprint density at radius 3 is 2.15 bits per heavy atom. The van der Waals surface area contributed by atoms with Gasteiger partial charge in [-0.1, -0.05) is 24.3 Å². The zero-order valence-corrected chi connectivity index (χ0v) is 11.3. The molecule has 0 atom stereocenters. The van der Waals surface area contributed by atoms with Crippen molar-refractivity contribution in [2.75, 3.05) is 18.5 Å². The van der Waals surface area contributed by atoms with Crippen LogP contribution in [0, 0.1) is 0 Å². The van der Waals surface area contributed by atoms with Crippen molar-refractivity contribution in [3.63, 3.8) is 0 Å². The van der Waals surface area contributed by atoms with Crippen LogP contribution in [0.3, 0.4) is 0 Å². The molecule has 0 radical (unpaired) electrons. The van der Waals surface area contributed by atoms with Crippen LogP contribution in [0.25, 0.3) is 0 Å². The molecule has 0 bridgehead atoms. The molecule has 100 valence electrons. The van der Waals surface area contributed by atoms with E-state index in [4.69, 9.17) is 0 Å². The molecular formula is C16H16N4. The Bertz CT molecular complexity index is 580. The Morgan fingerprint density at radius 2 is 1.65 bits per heavy atom. The molecule has 0 unspecified atom stereocenters. The summed E-state index contributed by atoms with van der Waals surface area (Å²) in [7, 11) is 2.06. The Balaban J connectivity index is 2.09. The standard InChI is InChI=1S/C16H16N4/c1-19-13-7-4-10-16(19)20(14-8-2-5-11-17-14)15-9-3-6-12-18-15/h2-12H,13H2,1H3. The number of rotatable bonds is 3. The molecule has 0 saturated heterocycles. The van der Waals surface area contributed by atoms with Crippen LogP contribution in [0.5, 0.6) is 0 Å². The summed E-state index contributed by atoms with van der Waals surface area (Å²) in [6, 6.07) is 11.8. The van der Waals surface area contributed by atoms with Crippen LogP contribution in [0.15, 0.2) is 72.8 Å². The summed E-state index contributed by atoms with van der Waals surface area (Å²) in [6.45, 7) is 0.877. The highest BCUT2D eigenvalue weighted by Gasteiger charge is 2.20. The molecule has 2 aromatic heterocycles. The van der Waals surface area contributed by atoms with Crippen molar-refractivity contribution in [1.29, 1.82) is 0 Å². The average Bonchev–Trinajstić information content (AvgIpc) is 2.52. The van der Waals surface area contributed by atoms with E-state index in [0.717, 1.165) is 24.0 Å². The number of allylic oxidation sites excluding steroid dienone is 2. The van der Waals surface area contributed by atoms with Crippen LogP contribution >= 0.6 is 0 Å². The molecule has 3 rings (SSSR count). The van der Waals surface area contributed by atoms with Gasteiger partial charge in [0.25, 0.3) is 0 Å². The third-order valence-electron chi connectivity index (χ3n) is 3.14. The van der Waals surface area contributed by atoms with Crippen molar-refractivity contribution in [1.82, 2.24) is 14.9 Å². The lowest BCUT2D eigenvalue weighted by Crippen LogP contribution is -2.32. The van der Waals surface area contributed by atoms with Gasteiger partial charge in [0, 0.05) is 26.0 Å². The second kappa shape index (κ2) is 5.57. The van der Waals surface area contributed by atoms with Crippen molar-refractivity contribution in [2.45, 2.75) is 0 Å². The van der Waals surface area contributed by atoms with Crippen LogP contribution in [0.4, 0.5) is 11.6 Å². The largest absolute Gasteiger partial charge is 0.357 e. The third-order valence-corrected chi connectivity index (χ3v) is 3.14. The number of aromatic nitrogens is 2. The van der Waals surface area contributed by atoms with Crippen LogP contribution in [0.1, 0.15) is 0 Å². The molecule has 0 aliphatic carbocycles. The molecule has 0 spiro atoms. The first-order valence-electron chi connectivity index (χ1n) is 6.56. The van der Waals surface area contributed by atoms with E-state index in [1.807, 2.05) is 36.4 Å². The summed E-state index contributed by atoms with van der Waals surface area (Å²) in [5, 5.41) is 0. The molecule has 1 aliphatic heterocycles. The Morgan fingerprint density at radius 1 is 1.00 bits per heavy atom. The van der Waals surface area contributed by atoms with E-state index >= 15 is 0 Å². The zero-order valence-electron chi connectivity index (χ0n) is 11.3. The second-order valence-electron chi connectivity index (χ2n) is 4.54. The number of anilines is 2. The van der Waals surface area contributed by atoms with Crippen LogP contribution in [-0.4, -0.2) is 28.5 Å². The molecule has 2 aromatic rings. The van der Waals surface area contributed by atoms with Gasteiger partial charge in [0.2, 0.25) is 0 Å². The zero-order chi connectivity index (χ0) is 13.8. The number of nitrogens with zero attached hydrogens (tertiary/aromatic N) is 4. The molecule has 4 heteroatoms. The fourth-order valence-corrected chi connectivity index (χ4v) is 2.16. The van der Waals surface area contributed by atoms with Gasteiger partial charge in [-0.2, -0.15) is 0 Å². The van der Waals surface area contributed by atoms with Crippen LogP contribution in [-0.2, 0) is 0 Å². The van der Waals surface area contributed by atoms with E-state index in [1.165, 1.54) is 0 Å². The van der Waals surface area contributed by atoms with E-state index in [9.17, 15) is 0 Å². The maximum Gasteiger partial charge on any atom is 0.139 e. The molecule has 1 aliphatic rings. The summed E-state index contributed by atoms with van der Waals surface area (Å²) >= 11 is 0. The third kappa shape index (κ3) is 2.40. The first kappa shape index (κ1) is 12.4. The fourth-order valence-electron chi connectivity index (χ4n) is 2.16. The molecule has 0 aromatic carbocycles. The van der Waals surface area contributed by atoms with Gasteiger partial charge in [-0.15, -0.1) is 0 Å². The molecule has 0 saturated carbocycles. The normalized spacial score (nSPS) is 14.1. The highest BCUT2D eigenvalue weighted by Crippen LogP contribution is 2.28. The second-order valence-corrected chi connectivity index (χ2v) is 4.54. The minimum atomic E-state index is 0.861. The van der Waals surface area contributed by atoms with E-state index in [0.29, 0.717) is 0 Å². The highest BCUT2D eigenvalue weighted by molar-refractivity contribution is 5.62. The fraction of sp³-hybridized carbons (Fsp3) is 0.125. The first-order valence-corrected chi connectivity index (χ1v) is 6.56. The highest BCUT2D eigenvalue weighted by atomic mass is 15.4. The quantitative estimate of drug-likeness (QED) is 0.853. The molecule has 4 nitrogen and oxygen atoms in total. The maximum atomic E-state index is 4.46. The van der Waals surface area contributed by atoms with Gasteiger partial charge < -0.3 is 4.90 Å². The SMILES string of the molecule is CN1CC=CC=C1N(c1ccccn1)c1ccccn1. The van der Waals surface area contributed by atoms with E-state index < -0.39 is 0 Å². The average molecular weight is 264 g/mol. The minimum Gasteiger partial charge on any atom is -0.357 e. The number of hydrogen-bond acceptors (Lipinski definition) is 4. The molecule has 0 fully saturated rings. The number of pyridine rings is 2. The van der Waals surface area contributed by atoms with Crippen molar-refractivity contribution < 1.29 is 0 Å². The van der Waals surface area contributed by atoms with Crippen LogP contribution < -0.4 is 4.90 Å². The van der Waals surface area contributed by atoms with Crippen LogP contribution in [0.2, 0.25) is 0 Å². The topological polar surface area (TPSA) is 32.3 Å². The van der Waals surface area contributed by atoms with Gasteiger partial charge in [0.1, 0.15) is 17.5 Å². The molecule has 0 N–H and O–H groups in total. The first-order chi connectivity index (χ1) is 9.86. The van der Waals surface area contributed by atoms with E-state index in [1.54, 1.807) is 12.4 Å². The lowest BCUT2D eigenvalue weighted by atomic mass is 10.3. The predicted molar refractivity (Wildman–Crippen MR) is 80.5 cm³/mol. The van der Waals surface area contributed by atoms with E-state index in [-0.39, 0.29) is 0 Å². The molecule has 20 heavy (non-hydrogen) atoms. The van der Waals surface area contributed by atoms with Crippen molar-refractivity contribution in [2.24, 2.45) is 0 Å². The lowest BCUT2D eigenvalue weighted by Gasteiger charge is -2.33. The molecule has 0 amide bonds. The predicted octanol–water partition coefficient (Wildman–Crippen LogP) is 2.96.